The molecule has 0 atom stereocenters. The van der Waals surface area contributed by atoms with Crippen molar-refractivity contribution in [2.45, 2.75) is 32.4 Å². The second-order valence-electron chi connectivity index (χ2n) is 4.46. The molecule has 0 aliphatic rings. The summed E-state index contributed by atoms with van der Waals surface area (Å²) < 4.78 is -0.974. The first-order chi connectivity index (χ1) is 8.24. The van der Waals surface area contributed by atoms with Crippen LogP contribution in [-0.2, 0) is 9.59 Å². The van der Waals surface area contributed by atoms with Gasteiger partial charge in [-0.1, -0.05) is 0 Å². The first kappa shape index (κ1) is 14.6. The zero-order valence-electron chi connectivity index (χ0n) is 10.8. The highest BCUT2D eigenvalue weighted by atomic mass is 32.2. The first-order valence-electron chi connectivity index (χ1n) is 5.43. The number of aliphatic carboxylic acids is 1. The van der Waals surface area contributed by atoms with Gasteiger partial charge in [0, 0.05) is 0 Å². The molecule has 0 aromatic carbocycles. The summed E-state index contributed by atoms with van der Waals surface area (Å²) in [5.41, 5.74) is 2.15. The second kappa shape index (κ2) is 5.43. The van der Waals surface area contributed by atoms with Crippen LogP contribution in [0.1, 0.15) is 25.2 Å². The van der Waals surface area contributed by atoms with Gasteiger partial charge in [0.15, 0.2) is 0 Å². The number of carbonyl (C=O) groups is 2. The predicted molar refractivity (Wildman–Crippen MR) is 70.9 cm³/mol. The quantitative estimate of drug-likeness (QED) is 0.755. The highest BCUT2D eigenvalue weighted by molar-refractivity contribution is 8.02. The standard InChI is InChI=1S/C11H17N3O3S/c1-6-9(7(2)14-13-6)12-8(15)5-18-11(3,4)10(16)17/h5H2,1-4H3,(H,12,15)(H,13,14)(H,16,17). The van der Waals surface area contributed by atoms with E-state index in [0.717, 1.165) is 17.5 Å². The molecule has 0 spiro atoms. The normalized spacial score (nSPS) is 11.3. The maximum absolute atomic E-state index is 11.7. The van der Waals surface area contributed by atoms with E-state index in [2.05, 4.69) is 15.5 Å². The molecule has 0 aliphatic heterocycles. The van der Waals surface area contributed by atoms with Crippen molar-refractivity contribution in [3.63, 3.8) is 0 Å². The molecule has 0 unspecified atom stereocenters. The number of carbonyl (C=O) groups excluding carboxylic acids is 1. The summed E-state index contributed by atoms with van der Waals surface area (Å²) >= 11 is 1.09. The summed E-state index contributed by atoms with van der Waals surface area (Å²) in [6, 6.07) is 0. The lowest BCUT2D eigenvalue weighted by Crippen LogP contribution is -2.29. The predicted octanol–water partition coefficient (Wildman–Crippen LogP) is 1.56. The Balaban J connectivity index is 2.56. The lowest BCUT2D eigenvalue weighted by atomic mass is 10.2. The van der Waals surface area contributed by atoms with Crippen molar-refractivity contribution in [3.05, 3.63) is 11.4 Å². The number of thioether (sulfide) groups is 1. The van der Waals surface area contributed by atoms with E-state index in [1.807, 2.05) is 6.92 Å². The topological polar surface area (TPSA) is 95.1 Å². The van der Waals surface area contributed by atoms with Crippen LogP contribution in [-0.4, -0.2) is 37.7 Å². The van der Waals surface area contributed by atoms with Crippen LogP contribution < -0.4 is 5.32 Å². The molecule has 6 nitrogen and oxygen atoms in total. The fourth-order valence-electron chi connectivity index (χ4n) is 1.22. The summed E-state index contributed by atoms with van der Waals surface area (Å²) in [7, 11) is 0. The smallest absolute Gasteiger partial charge is 0.319 e. The fraction of sp³-hybridized carbons (Fsp3) is 0.545. The Morgan fingerprint density at radius 1 is 1.44 bits per heavy atom. The van der Waals surface area contributed by atoms with Gasteiger partial charge in [-0.25, -0.2) is 0 Å². The first-order valence-corrected chi connectivity index (χ1v) is 6.41. The van der Waals surface area contributed by atoms with Crippen LogP contribution in [0.4, 0.5) is 5.69 Å². The molecule has 0 fully saturated rings. The van der Waals surface area contributed by atoms with Crippen molar-refractivity contribution in [1.29, 1.82) is 0 Å². The Labute approximate surface area is 110 Å². The van der Waals surface area contributed by atoms with Gasteiger partial charge >= 0.3 is 5.97 Å². The Morgan fingerprint density at radius 2 is 2.06 bits per heavy atom. The molecule has 3 N–H and O–H groups in total. The Kier molecular flexibility index (Phi) is 4.39. The third-order valence-corrected chi connectivity index (χ3v) is 3.77. The zero-order valence-corrected chi connectivity index (χ0v) is 11.6. The summed E-state index contributed by atoms with van der Waals surface area (Å²) in [5.74, 6) is -1.08. The number of carboxylic acid groups (broad SMARTS) is 1. The average Bonchev–Trinajstić information content (AvgIpc) is 2.58. The Bertz CT molecular complexity index is 449. The highest BCUT2D eigenvalue weighted by Crippen LogP contribution is 2.25. The molecular formula is C11H17N3O3S. The molecule has 0 saturated heterocycles. The van der Waals surface area contributed by atoms with E-state index in [1.54, 1.807) is 20.8 Å². The minimum absolute atomic E-state index is 0.0867. The van der Waals surface area contributed by atoms with Gasteiger partial charge in [0.1, 0.15) is 4.75 Å². The minimum Gasteiger partial charge on any atom is -0.480 e. The molecule has 0 saturated carbocycles. The van der Waals surface area contributed by atoms with Gasteiger partial charge in [0.2, 0.25) is 5.91 Å². The third kappa shape index (κ3) is 3.49. The largest absolute Gasteiger partial charge is 0.480 e. The number of H-pyrrole nitrogens is 1. The van der Waals surface area contributed by atoms with Crippen LogP contribution in [0.25, 0.3) is 0 Å². The Morgan fingerprint density at radius 3 is 2.50 bits per heavy atom. The third-order valence-electron chi connectivity index (χ3n) is 2.47. The molecule has 0 aliphatic carbocycles. The average molecular weight is 271 g/mol. The lowest BCUT2D eigenvalue weighted by Gasteiger charge is -2.17. The molecule has 18 heavy (non-hydrogen) atoms. The summed E-state index contributed by atoms with van der Waals surface area (Å²) in [4.78, 5) is 22.6. The van der Waals surface area contributed by atoms with Crippen LogP contribution in [0.3, 0.4) is 0 Å². The number of aryl methyl sites for hydroxylation is 2. The van der Waals surface area contributed by atoms with Crippen LogP contribution in [0, 0.1) is 13.8 Å². The van der Waals surface area contributed by atoms with Crippen LogP contribution >= 0.6 is 11.8 Å². The number of anilines is 1. The molecule has 1 rings (SSSR count). The molecule has 1 aromatic rings. The minimum atomic E-state index is -0.974. The molecule has 1 heterocycles. The van der Waals surface area contributed by atoms with E-state index in [0.29, 0.717) is 11.4 Å². The Hall–Kier alpha value is -1.50. The van der Waals surface area contributed by atoms with Crippen molar-refractivity contribution in [2.24, 2.45) is 0 Å². The number of aromatic amines is 1. The van der Waals surface area contributed by atoms with Gasteiger partial charge in [-0.15, -0.1) is 11.8 Å². The van der Waals surface area contributed by atoms with Gasteiger partial charge in [-0.05, 0) is 27.7 Å². The van der Waals surface area contributed by atoms with Gasteiger partial charge in [-0.3, -0.25) is 14.7 Å². The number of aromatic nitrogens is 2. The van der Waals surface area contributed by atoms with Gasteiger partial charge in [-0.2, -0.15) is 5.10 Å². The summed E-state index contributed by atoms with van der Waals surface area (Å²) in [5, 5.41) is 18.4. The van der Waals surface area contributed by atoms with E-state index in [1.165, 1.54) is 0 Å². The van der Waals surface area contributed by atoms with E-state index in [9.17, 15) is 9.59 Å². The van der Waals surface area contributed by atoms with Crippen molar-refractivity contribution < 1.29 is 14.7 Å². The van der Waals surface area contributed by atoms with Crippen LogP contribution in [0.5, 0.6) is 0 Å². The second-order valence-corrected chi connectivity index (χ2v) is 6.06. The molecule has 1 aromatic heterocycles. The molecule has 7 heteroatoms. The van der Waals surface area contributed by atoms with Crippen LogP contribution in [0.15, 0.2) is 0 Å². The number of amides is 1. The van der Waals surface area contributed by atoms with Gasteiger partial charge in [0.05, 0.1) is 22.8 Å². The monoisotopic (exact) mass is 271 g/mol. The van der Waals surface area contributed by atoms with Crippen molar-refractivity contribution in [2.75, 3.05) is 11.1 Å². The summed E-state index contributed by atoms with van der Waals surface area (Å²) in [6.45, 7) is 6.74. The van der Waals surface area contributed by atoms with E-state index in [4.69, 9.17) is 5.11 Å². The maximum atomic E-state index is 11.7. The maximum Gasteiger partial charge on any atom is 0.319 e. The molecule has 100 valence electrons. The SMILES string of the molecule is Cc1n[nH]c(C)c1NC(=O)CSC(C)(C)C(=O)O. The number of hydrogen-bond acceptors (Lipinski definition) is 4. The van der Waals surface area contributed by atoms with Crippen molar-refractivity contribution in [1.82, 2.24) is 10.2 Å². The molecule has 0 radical (unpaired) electrons. The number of nitrogens with one attached hydrogen (secondary N) is 2. The summed E-state index contributed by atoms with van der Waals surface area (Å²) in [6.07, 6.45) is 0. The van der Waals surface area contributed by atoms with Gasteiger partial charge in [0.25, 0.3) is 0 Å². The molecule has 0 bridgehead atoms. The highest BCUT2D eigenvalue weighted by Gasteiger charge is 2.28. The van der Waals surface area contributed by atoms with E-state index in [-0.39, 0.29) is 11.7 Å². The van der Waals surface area contributed by atoms with E-state index >= 15 is 0 Å². The number of carboxylic acids is 1. The van der Waals surface area contributed by atoms with Crippen LogP contribution in [0.2, 0.25) is 0 Å². The van der Waals surface area contributed by atoms with Crippen molar-refractivity contribution >= 4 is 29.3 Å². The number of hydrogen-bond donors (Lipinski definition) is 3. The van der Waals surface area contributed by atoms with E-state index < -0.39 is 10.7 Å². The van der Waals surface area contributed by atoms with Crippen molar-refractivity contribution in [3.8, 4) is 0 Å². The molecular weight excluding hydrogens is 254 g/mol. The lowest BCUT2D eigenvalue weighted by molar-refractivity contribution is -0.138. The molecule has 1 amide bonds. The number of rotatable bonds is 5. The van der Waals surface area contributed by atoms with Gasteiger partial charge < -0.3 is 10.4 Å². The zero-order chi connectivity index (χ0) is 13.9. The fourth-order valence-corrected chi connectivity index (χ4v) is 1.91. The number of nitrogens with zero attached hydrogens (tertiary/aromatic N) is 1.